The van der Waals surface area contributed by atoms with E-state index in [1.807, 2.05) is 17.6 Å². The van der Waals surface area contributed by atoms with Gasteiger partial charge in [-0.1, -0.05) is 0 Å². The number of fused-ring (bicyclic) bond motifs is 2. The van der Waals surface area contributed by atoms with E-state index in [1.54, 1.807) is 24.8 Å². The zero-order chi connectivity index (χ0) is 23.8. The van der Waals surface area contributed by atoms with Gasteiger partial charge in [-0.2, -0.15) is 0 Å². The molecule has 0 bridgehead atoms. The summed E-state index contributed by atoms with van der Waals surface area (Å²) in [6.07, 6.45) is 1.28. The number of anilines is 3. The zero-order valence-corrected chi connectivity index (χ0v) is 20.6. The lowest BCUT2D eigenvalue weighted by atomic mass is 10.1. The fourth-order valence-corrected chi connectivity index (χ4v) is 5.37. The van der Waals surface area contributed by atoms with Gasteiger partial charge in [0.05, 0.1) is 39.8 Å². The van der Waals surface area contributed by atoms with Gasteiger partial charge < -0.3 is 29.3 Å². The third-order valence-corrected chi connectivity index (χ3v) is 7.50. The number of hydrogen-bond donors (Lipinski definition) is 1. The molecular formula is C25H28N6O3S. The van der Waals surface area contributed by atoms with Crippen LogP contribution in [-0.2, 0) is 9.47 Å². The van der Waals surface area contributed by atoms with E-state index in [9.17, 15) is 0 Å². The first-order chi connectivity index (χ1) is 17.2. The molecule has 2 aromatic heterocycles. The van der Waals surface area contributed by atoms with Crippen LogP contribution in [0.4, 0.5) is 17.2 Å². The molecule has 4 heterocycles. The van der Waals surface area contributed by atoms with Crippen molar-refractivity contribution in [3.63, 3.8) is 0 Å². The van der Waals surface area contributed by atoms with Gasteiger partial charge in [-0.25, -0.2) is 15.0 Å². The van der Waals surface area contributed by atoms with Crippen molar-refractivity contribution in [1.29, 1.82) is 0 Å². The van der Waals surface area contributed by atoms with Crippen LogP contribution in [0.2, 0.25) is 0 Å². The molecule has 10 heteroatoms. The Morgan fingerprint density at radius 2 is 1.86 bits per heavy atom. The molecule has 0 radical (unpaired) electrons. The average molecular weight is 493 g/mol. The molecular weight excluding hydrogens is 464 g/mol. The Morgan fingerprint density at radius 1 is 1.00 bits per heavy atom. The van der Waals surface area contributed by atoms with Gasteiger partial charge in [0.1, 0.15) is 24.0 Å². The highest BCUT2D eigenvalue weighted by Gasteiger charge is 2.31. The van der Waals surface area contributed by atoms with Crippen LogP contribution in [0.5, 0.6) is 5.75 Å². The van der Waals surface area contributed by atoms with Crippen LogP contribution in [0.25, 0.3) is 21.1 Å². The number of thiazole rings is 1. The number of benzene rings is 2. The topological polar surface area (TPSA) is 84.9 Å². The van der Waals surface area contributed by atoms with Crippen LogP contribution in [0, 0.1) is 0 Å². The monoisotopic (exact) mass is 492 g/mol. The maximum Gasteiger partial charge on any atom is 0.150 e. The average Bonchev–Trinajstić information content (AvgIpc) is 3.53. The van der Waals surface area contributed by atoms with Gasteiger partial charge in [-0.15, -0.1) is 11.3 Å². The van der Waals surface area contributed by atoms with E-state index in [-0.39, 0.29) is 12.2 Å². The van der Waals surface area contributed by atoms with Gasteiger partial charge >= 0.3 is 0 Å². The zero-order valence-electron chi connectivity index (χ0n) is 19.8. The summed E-state index contributed by atoms with van der Waals surface area (Å²) < 4.78 is 18.9. The van der Waals surface area contributed by atoms with Gasteiger partial charge in [0.15, 0.2) is 6.10 Å². The van der Waals surface area contributed by atoms with E-state index < -0.39 is 0 Å². The molecule has 182 valence electrons. The minimum Gasteiger partial charge on any atom is -0.484 e. The number of ether oxygens (including phenoxy) is 3. The minimum atomic E-state index is -0.201. The lowest BCUT2D eigenvalue weighted by Gasteiger charge is -2.34. The molecule has 2 atom stereocenters. The Labute approximate surface area is 207 Å². The standard InChI is InChI=1S/C25H28N6O3S/c1-30-5-7-31(8-6-30)17-10-19-24(20(11-17)34-22-13-33-12-21(22)32-2)25(27-14-26-19)29-16-3-4-18-23(9-16)35-15-28-18/h3-4,9-11,14-15,21-22H,5-8,12-13H2,1-2H3,(H,26,27,29)/t21-,22?/m0/s1. The van der Waals surface area contributed by atoms with Gasteiger partial charge in [-0.05, 0) is 31.3 Å². The van der Waals surface area contributed by atoms with E-state index in [0.29, 0.717) is 19.0 Å². The number of hydrogen-bond acceptors (Lipinski definition) is 10. The van der Waals surface area contributed by atoms with Crippen LogP contribution in [0.15, 0.2) is 42.2 Å². The maximum atomic E-state index is 6.57. The van der Waals surface area contributed by atoms with Crippen LogP contribution in [-0.4, -0.2) is 85.6 Å². The van der Waals surface area contributed by atoms with Gasteiger partial charge in [0, 0.05) is 50.7 Å². The van der Waals surface area contributed by atoms with Crippen molar-refractivity contribution < 1.29 is 14.2 Å². The fraction of sp³-hybridized carbons (Fsp3) is 0.400. The molecule has 2 saturated heterocycles. The van der Waals surface area contributed by atoms with Crippen molar-refractivity contribution in [2.24, 2.45) is 0 Å². The van der Waals surface area contributed by atoms with E-state index in [0.717, 1.165) is 64.4 Å². The Balaban J connectivity index is 1.41. The first-order valence-electron chi connectivity index (χ1n) is 11.8. The third kappa shape index (κ3) is 4.50. The summed E-state index contributed by atoms with van der Waals surface area (Å²) in [4.78, 5) is 18.3. The molecule has 35 heavy (non-hydrogen) atoms. The van der Waals surface area contributed by atoms with Crippen molar-refractivity contribution in [2.45, 2.75) is 12.2 Å². The molecule has 0 aliphatic carbocycles. The lowest BCUT2D eigenvalue weighted by molar-refractivity contribution is 0.0332. The Hall–Kier alpha value is -3.05. The van der Waals surface area contributed by atoms with Crippen LogP contribution >= 0.6 is 11.3 Å². The van der Waals surface area contributed by atoms with Crippen molar-refractivity contribution >= 4 is 49.6 Å². The molecule has 2 aliphatic rings. The fourth-order valence-electron chi connectivity index (χ4n) is 4.65. The molecule has 1 N–H and O–H groups in total. The summed E-state index contributed by atoms with van der Waals surface area (Å²) >= 11 is 1.62. The molecule has 2 aromatic carbocycles. The first kappa shape index (κ1) is 22.4. The summed E-state index contributed by atoms with van der Waals surface area (Å²) in [6, 6.07) is 10.4. The van der Waals surface area contributed by atoms with E-state index in [2.05, 4.69) is 55.3 Å². The van der Waals surface area contributed by atoms with Crippen molar-refractivity contribution in [3.05, 3.63) is 42.2 Å². The number of likely N-dealkylation sites (N-methyl/N-ethyl adjacent to an activating group) is 1. The largest absolute Gasteiger partial charge is 0.484 e. The van der Waals surface area contributed by atoms with Gasteiger partial charge in [0.2, 0.25) is 0 Å². The van der Waals surface area contributed by atoms with E-state index >= 15 is 0 Å². The van der Waals surface area contributed by atoms with Gasteiger partial charge in [-0.3, -0.25) is 0 Å². The first-order valence-corrected chi connectivity index (χ1v) is 12.7. The van der Waals surface area contributed by atoms with Crippen molar-refractivity contribution in [2.75, 3.05) is 63.8 Å². The number of rotatable bonds is 6. The normalized spacial score (nSPS) is 21.1. The number of piperazine rings is 1. The highest BCUT2D eigenvalue weighted by molar-refractivity contribution is 7.16. The van der Waals surface area contributed by atoms with Gasteiger partial charge in [0.25, 0.3) is 0 Å². The molecule has 0 amide bonds. The molecule has 0 saturated carbocycles. The maximum absolute atomic E-state index is 6.57. The number of aromatic nitrogens is 3. The Kier molecular flexibility index (Phi) is 6.11. The summed E-state index contributed by atoms with van der Waals surface area (Å²) in [5.74, 6) is 1.43. The highest BCUT2D eigenvalue weighted by Crippen LogP contribution is 2.37. The Morgan fingerprint density at radius 3 is 2.71 bits per heavy atom. The van der Waals surface area contributed by atoms with E-state index in [4.69, 9.17) is 14.2 Å². The van der Waals surface area contributed by atoms with Crippen LogP contribution in [0.3, 0.4) is 0 Å². The molecule has 2 aliphatic heterocycles. The quantitative estimate of drug-likeness (QED) is 0.434. The second kappa shape index (κ2) is 9.54. The predicted molar refractivity (Wildman–Crippen MR) is 138 cm³/mol. The summed E-state index contributed by atoms with van der Waals surface area (Å²) in [6.45, 7) is 4.96. The van der Waals surface area contributed by atoms with Crippen LogP contribution < -0.4 is 15.0 Å². The Bertz CT molecular complexity index is 1340. The number of nitrogens with zero attached hydrogens (tertiary/aromatic N) is 5. The molecule has 9 nitrogen and oxygen atoms in total. The number of methoxy groups -OCH3 is 1. The van der Waals surface area contributed by atoms with E-state index in [1.165, 1.54) is 0 Å². The third-order valence-electron chi connectivity index (χ3n) is 6.71. The highest BCUT2D eigenvalue weighted by atomic mass is 32.1. The molecule has 0 spiro atoms. The molecule has 2 fully saturated rings. The molecule has 1 unspecified atom stereocenters. The lowest BCUT2D eigenvalue weighted by Crippen LogP contribution is -2.44. The summed E-state index contributed by atoms with van der Waals surface area (Å²) in [5, 5.41) is 4.33. The van der Waals surface area contributed by atoms with Crippen molar-refractivity contribution in [1.82, 2.24) is 19.9 Å². The van der Waals surface area contributed by atoms with Crippen molar-refractivity contribution in [3.8, 4) is 5.75 Å². The van der Waals surface area contributed by atoms with Crippen LogP contribution in [0.1, 0.15) is 0 Å². The smallest absolute Gasteiger partial charge is 0.150 e. The SMILES string of the molecule is CO[C@H]1COCC1Oc1cc(N2CCN(C)CC2)cc2ncnc(Nc3ccc4ncsc4c3)c12. The second-order valence-corrected chi connectivity index (χ2v) is 9.86. The molecule has 6 rings (SSSR count). The number of nitrogens with one attached hydrogen (secondary N) is 1. The predicted octanol–water partition coefficient (Wildman–Crippen LogP) is 3.53. The molecule has 4 aromatic rings. The summed E-state index contributed by atoms with van der Waals surface area (Å²) in [7, 11) is 3.85. The summed E-state index contributed by atoms with van der Waals surface area (Å²) in [5.41, 5.74) is 5.72. The minimum absolute atomic E-state index is 0.118. The second-order valence-electron chi connectivity index (χ2n) is 8.98.